The van der Waals surface area contributed by atoms with Gasteiger partial charge in [0.25, 0.3) is 0 Å². The summed E-state index contributed by atoms with van der Waals surface area (Å²) in [6.45, 7) is 0. The molecular formula is C3H11OS+. The van der Waals surface area contributed by atoms with Crippen LogP contribution in [0.1, 0.15) is 0 Å². The first-order valence-corrected chi connectivity index (χ1v) is 3.67. The summed E-state index contributed by atoms with van der Waals surface area (Å²) in [7, 11) is 0.639. The topological polar surface area (TPSA) is 31.5 Å². The Morgan fingerprint density at radius 2 is 1.00 bits per heavy atom. The normalized spacial score (nSPS) is 7.20. The molecule has 0 aromatic carbocycles. The molecule has 1 nitrogen and oxygen atoms in total. The molecule has 0 saturated carbocycles. The second kappa shape index (κ2) is 4.31. The largest absolute Gasteiger partial charge is 0.412 e. The van der Waals surface area contributed by atoms with Crippen LogP contribution in [0.15, 0.2) is 0 Å². The molecule has 0 rings (SSSR count). The Kier molecular flexibility index (Phi) is 7.76. The van der Waals surface area contributed by atoms with Crippen LogP contribution in [0.3, 0.4) is 0 Å². The van der Waals surface area contributed by atoms with Crippen LogP contribution >= 0.6 is 0 Å². The first kappa shape index (κ1) is 9.00. The Bertz CT molecular complexity index is 11.6. The predicted molar refractivity (Wildman–Crippen MR) is 28.8 cm³/mol. The molecule has 5 heavy (non-hydrogen) atoms. The summed E-state index contributed by atoms with van der Waals surface area (Å²) in [5.74, 6) is 0. The minimum absolute atomic E-state index is 0. The molecule has 0 saturated heterocycles. The zero-order valence-electron chi connectivity index (χ0n) is 3.91. The first-order valence-electron chi connectivity index (χ1n) is 1.22. The first-order chi connectivity index (χ1) is 1.73. The van der Waals surface area contributed by atoms with Crippen molar-refractivity contribution in [1.82, 2.24) is 0 Å². The van der Waals surface area contributed by atoms with E-state index in [0.29, 0.717) is 10.9 Å². The van der Waals surface area contributed by atoms with Gasteiger partial charge in [-0.2, -0.15) is 0 Å². The molecule has 0 aromatic rings. The highest BCUT2D eigenvalue weighted by atomic mass is 32.2. The highest BCUT2D eigenvalue weighted by Gasteiger charge is 1.77. The van der Waals surface area contributed by atoms with Crippen molar-refractivity contribution in [2.45, 2.75) is 0 Å². The van der Waals surface area contributed by atoms with Crippen molar-refractivity contribution in [1.29, 1.82) is 0 Å². The third-order valence-corrected chi connectivity index (χ3v) is 0. The van der Waals surface area contributed by atoms with Gasteiger partial charge < -0.3 is 5.48 Å². The lowest BCUT2D eigenvalue weighted by molar-refractivity contribution is 0.824. The Balaban J connectivity index is 0. The molecule has 2 heteroatoms. The molecule has 0 heterocycles. The Labute approximate surface area is 36.0 Å². The van der Waals surface area contributed by atoms with E-state index in [-0.39, 0.29) is 5.48 Å². The van der Waals surface area contributed by atoms with Gasteiger partial charge >= 0.3 is 0 Å². The maximum Gasteiger partial charge on any atom is 0.0969 e. The van der Waals surface area contributed by atoms with Gasteiger partial charge in [0.05, 0.1) is 18.8 Å². The highest BCUT2D eigenvalue weighted by molar-refractivity contribution is 7.94. The Morgan fingerprint density at radius 3 is 1.00 bits per heavy atom. The molecule has 0 radical (unpaired) electrons. The number of hydrogen-bond acceptors (Lipinski definition) is 0. The third-order valence-electron chi connectivity index (χ3n) is 0. The molecule has 0 spiro atoms. The fourth-order valence-electron chi connectivity index (χ4n) is 0. The highest BCUT2D eigenvalue weighted by Crippen LogP contribution is 1.63. The van der Waals surface area contributed by atoms with Gasteiger partial charge in [-0.25, -0.2) is 0 Å². The summed E-state index contributed by atoms with van der Waals surface area (Å²) in [4.78, 5) is 0. The third kappa shape index (κ3) is 239. The van der Waals surface area contributed by atoms with Gasteiger partial charge in [-0.05, 0) is 10.9 Å². The zero-order chi connectivity index (χ0) is 3.58. The van der Waals surface area contributed by atoms with Crippen LogP contribution in [-0.2, 0) is 10.9 Å². The molecule has 0 aliphatic carbocycles. The van der Waals surface area contributed by atoms with Crippen LogP contribution in [0.2, 0.25) is 0 Å². The van der Waals surface area contributed by atoms with Crippen molar-refractivity contribution in [2.24, 2.45) is 0 Å². The monoisotopic (exact) mass is 95.1 g/mol. The summed E-state index contributed by atoms with van der Waals surface area (Å²) < 4.78 is 0. The van der Waals surface area contributed by atoms with E-state index >= 15 is 0 Å². The van der Waals surface area contributed by atoms with Crippen LogP contribution in [0.4, 0.5) is 0 Å². The SMILES string of the molecule is C[S+](C)C.O. The lowest BCUT2D eigenvalue weighted by atomic mass is 11.9. The standard InChI is InChI=1S/C3H9S.H2O/c1-4(2)3;/h1-3H3;1H2/q+1;. The quantitative estimate of drug-likeness (QED) is 0.369. The van der Waals surface area contributed by atoms with Gasteiger partial charge in [0.15, 0.2) is 0 Å². The van der Waals surface area contributed by atoms with E-state index in [4.69, 9.17) is 0 Å². The minimum atomic E-state index is 0. The van der Waals surface area contributed by atoms with Crippen molar-refractivity contribution >= 4 is 10.9 Å². The summed E-state index contributed by atoms with van der Waals surface area (Å²) in [5.41, 5.74) is 0. The van der Waals surface area contributed by atoms with E-state index in [1.54, 1.807) is 0 Å². The molecule has 0 fully saturated rings. The molecular weight excluding hydrogens is 84.1 g/mol. The number of hydrogen-bond donors (Lipinski definition) is 0. The molecule has 0 aliphatic heterocycles. The molecule has 0 aromatic heterocycles. The van der Waals surface area contributed by atoms with Gasteiger partial charge in [0.1, 0.15) is 0 Å². The summed E-state index contributed by atoms with van der Waals surface area (Å²) >= 11 is 0. The zero-order valence-corrected chi connectivity index (χ0v) is 4.72. The summed E-state index contributed by atoms with van der Waals surface area (Å²) in [6.07, 6.45) is 6.58. The van der Waals surface area contributed by atoms with Crippen molar-refractivity contribution in [3.8, 4) is 0 Å². The smallest absolute Gasteiger partial charge is 0.0969 e. The number of rotatable bonds is 0. The fourth-order valence-corrected chi connectivity index (χ4v) is 0. The van der Waals surface area contributed by atoms with Crippen molar-refractivity contribution in [2.75, 3.05) is 18.8 Å². The van der Waals surface area contributed by atoms with E-state index in [1.807, 2.05) is 0 Å². The molecule has 34 valence electrons. The molecule has 0 bridgehead atoms. The van der Waals surface area contributed by atoms with E-state index in [9.17, 15) is 0 Å². The second-order valence-electron chi connectivity index (χ2n) is 1.22. The van der Waals surface area contributed by atoms with Crippen molar-refractivity contribution in [3.05, 3.63) is 0 Å². The van der Waals surface area contributed by atoms with Crippen LogP contribution in [0, 0.1) is 0 Å². The Hall–Kier alpha value is 0.310. The van der Waals surface area contributed by atoms with E-state index < -0.39 is 0 Å². The van der Waals surface area contributed by atoms with Gasteiger partial charge in [0.2, 0.25) is 0 Å². The fraction of sp³-hybridized carbons (Fsp3) is 1.00. The molecule has 0 atom stereocenters. The molecule has 2 N–H and O–H groups in total. The average Bonchev–Trinajstić information content (AvgIpc) is 0.811. The van der Waals surface area contributed by atoms with Gasteiger partial charge in [0, 0.05) is 0 Å². The van der Waals surface area contributed by atoms with E-state index in [2.05, 4.69) is 18.8 Å². The average molecular weight is 95.2 g/mol. The molecule has 0 unspecified atom stereocenters. The maximum atomic E-state index is 2.19. The second-order valence-corrected chi connectivity index (χ2v) is 3.67. The molecule has 0 aliphatic rings. The van der Waals surface area contributed by atoms with E-state index in [0.717, 1.165) is 0 Å². The maximum absolute atomic E-state index is 2.19. The summed E-state index contributed by atoms with van der Waals surface area (Å²) in [5, 5.41) is 0. The van der Waals surface area contributed by atoms with E-state index in [1.165, 1.54) is 0 Å². The lowest BCUT2D eigenvalue weighted by Crippen LogP contribution is -1.84. The lowest BCUT2D eigenvalue weighted by Gasteiger charge is -1.69. The van der Waals surface area contributed by atoms with Gasteiger partial charge in [-0.1, -0.05) is 0 Å². The van der Waals surface area contributed by atoms with Crippen molar-refractivity contribution in [3.63, 3.8) is 0 Å². The van der Waals surface area contributed by atoms with Crippen molar-refractivity contribution < 1.29 is 5.48 Å². The van der Waals surface area contributed by atoms with Crippen LogP contribution < -0.4 is 0 Å². The Morgan fingerprint density at radius 1 is 1.00 bits per heavy atom. The van der Waals surface area contributed by atoms with Crippen LogP contribution in [0.5, 0.6) is 0 Å². The molecule has 0 amide bonds. The van der Waals surface area contributed by atoms with Gasteiger partial charge in [-0.15, -0.1) is 0 Å². The predicted octanol–water partition coefficient (Wildman–Crippen LogP) is -0.331. The summed E-state index contributed by atoms with van der Waals surface area (Å²) in [6, 6.07) is 0. The van der Waals surface area contributed by atoms with Crippen LogP contribution in [0.25, 0.3) is 0 Å². The minimum Gasteiger partial charge on any atom is -0.412 e. The van der Waals surface area contributed by atoms with Crippen LogP contribution in [-0.4, -0.2) is 24.2 Å². The van der Waals surface area contributed by atoms with Gasteiger partial charge in [-0.3, -0.25) is 0 Å².